The number of rotatable bonds is 4. The molecular formula is C20H24N4O2. The van der Waals surface area contributed by atoms with Crippen LogP contribution in [0.5, 0.6) is 11.6 Å². The van der Waals surface area contributed by atoms with Crippen LogP contribution in [-0.2, 0) is 12.8 Å². The molecular weight excluding hydrogens is 328 g/mol. The van der Waals surface area contributed by atoms with Crippen molar-refractivity contribution in [1.82, 2.24) is 15.3 Å². The molecule has 0 saturated heterocycles. The minimum Gasteiger partial charge on any atom is -0.439 e. The van der Waals surface area contributed by atoms with Gasteiger partial charge in [-0.15, -0.1) is 0 Å². The molecule has 2 heterocycles. The van der Waals surface area contributed by atoms with Crippen molar-refractivity contribution in [2.24, 2.45) is 5.84 Å². The number of nitrogens with two attached hydrogens (primary N) is 1. The van der Waals surface area contributed by atoms with Crippen molar-refractivity contribution in [3.05, 3.63) is 53.2 Å². The van der Waals surface area contributed by atoms with E-state index >= 15 is 0 Å². The summed E-state index contributed by atoms with van der Waals surface area (Å²) in [5.74, 6) is 5.99. The van der Waals surface area contributed by atoms with Gasteiger partial charge in [-0.05, 0) is 55.0 Å². The van der Waals surface area contributed by atoms with Crippen LogP contribution in [0.4, 0.5) is 0 Å². The van der Waals surface area contributed by atoms with Crippen LogP contribution in [0.2, 0.25) is 0 Å². The van der Waals surface area contributed by atoms with E-state index in [9.17, 15) is 4.79 Å². The second-order valence-corrected chi connectivity index (χ2v) is 7.01. The van der Waals surface area contributed by atoms with E-state index in [0.29, 0.717) is 11.4 Å². The lowest BCUT2D eigenvalue weighted by molar-refractivity contribution is 0.0953. The zero-order valence-electron chi connectivity index (χ0n) is 14.8. The zero-order valence-corrected chi connectivity index (χ0v) is 14.8. The molecule has 6 nitrogen and oxygen atoms in total. The molecule has 4 rings (SSSR count). The molecule has 0 atom stereocenters. The average Bonchev–Trinajstić information content (AvgIpc) is 2.83. The Balaban J connectivity index is 1.44. The van der Waals surface area contributed by atoms with E-state index < -0.39 is 0 Å². The van der Waals surface area contributed by atoms with Gasteiger partial charge >= 0.3 is 0 Å². The lowest BCUT2D eigenvalue weighted by atomic mass is 9.91. The first kappa shape index (κ1) is 17.0. The summed E-state index contributed by atoms with van der Waals surface area (Å²) in [6.45, 7) is 2.28. The Labute approximate surface area is 153 Å². The summed E-state index contributed by atoms with van der Waals surface area (Å²) in [5.41, 5.74) is 5.27. The molecule has 3 N–H and O–H groups in total. The third-order valence-electron chi connectivity index (χ3n) is 5.46. The van der Waals surface area contributed by atoms with Gasteiger partial charge in [0.25, 0.3) is 5.91 Å². The number of nitrogens with zero attached hydrogens (tertiary/aromatic N) is 2. The Morgan fingerprint density at radius 1 is 1.15 bits per heavy atom. The molecule has 0 radical (unpaired) electrons. The fourth-order valence-electron chi connectivity index (χ4n) is 3.68. The third kappa shape index (κ3) is 3.57. The fraction of sp³-hybridized carbons (Fsp3) is 0.400. The van der Waals surface area contributed by atoms with Crippen molar-refractivity contribution in [2.75, 3.05) is 13.1 Å². The van der Waals surface area contributed by atoms with E-state index in [-0.39, 0.29) is 5.91 Å². The van der Waals surface area contributed by atoms with Crippen molar-refractivity contribution < 1.29 is 9.53 Å². The van der Waals surface area contributed by atoms with Gasteiger partial charge in [-0.3, -0.25) is 15.1 Å². The number of hydrogen-bond donors (Lipinski definition) is 2. The van der Waals surface area contributed by atoms with E-state index in [1.165, 1.54) is 36.6 Å². The van der Waals surface area contributed by atoms with Gasteiger partial charge in [-0.25, -0.2) is 10.8 Å². The van der Waals surface area contributed by atoms with Gasteiger partial charge < -0.3 is 4.74 Å². The molecule has 0 spiro atoms. The number of carbonyl (C=O) groups is 1. The third-order valence-corrected chi connectivity index (χ3v) is 5.46. The molecule has 1 amide bonds. The Kier molecular flexibility index (Phi) is 4.86. The summed E-state index contributed by atoms with van der Waals surface area (Å²) in [6, 6.07) is 10.4. The highest BCUT2D eigenvalue weighted by Crippen LogP contribution is 2.29. The van der Waals surface area contributed by atoms with E-state index in [1.807, 2.05) is 6.07 Å². The van der Waals surface area contributed by atoms with Crippen molar-refractivity contribution in [3.8, 4) is 11.6 Å². The number of fused-ring (bicyclic) bond motifs is 1. The van der Waals surface area contributed by atoms with Crippen molar-refractivity contribution in [2.45, 2.75) is 38.1 Å². The molecule has 1 fully saturated rings. The number of hydrazine groups is 1. The number of hydrogen-bond acceptors (Lipinski definition) is 5. The van der Waals surface area contributed by atoms with Crippen LogP contribution in [0.25, 0.3) is 0 Å². The molecule has 0 unspecified atom stereocenters. The van der Waals surface area contributed by atoms with Crippen molar-refractivity contribution in [1.29, 1.82) is 0 Å². The number of nitrogen functional groups attached to an aromatic ring is 1. The quantitative estimate of drug-likeness (QED) is 0.502. The highest BCUT2D eigenvalue weighted by atomic mass is 16.5. The molecule has 1 saturated carbocycles. The second kappa shape index (κ2) is 7.43. The number of pyridine rings is 1. The summed E-state index contributed by atoms with van der Waals surface area (Å²) in [6.07, 6.45) is 7.71. The highest BCUT2D eigenvalue weighted by molar-refractivity contribution is 5.93. The Bertz CT molecular complexity index is 787. The topological polar surface area (TPSA) is 80.5 Å². The van der Waals surface area contributed by atoms with Crippen LogP contribution in [0.1, 0.15) is 40.7 Å². The molecule has 1 aromatic heterocycles. The van der Waals surface area contributed by atoms with Crippen molar-refractivity contribution >= 4 is 5.91 Å². The first-order valence-corrected chi connectivity index (χ1v) is 9.23. The van der Waals surface area contributed by atoms with Gasteiger partial charge in [-0.1, -0.05) is 12.5 Å². The van der Waals surface area contributed by atoms with E-state index in [0.717, 1.165) is 37.7 Å². The molecule has 1 aliphatic heterocycles. The van der Waals surface area contributed by atoms with Crippen molar-refractivity contribution in [3.63, 3.8) is 0 Å². The molecule has 6 heteroatoms. The van der Waals surface area contributed by atoms with Crippen LogP contribution in [-0.4, -0.2) is 34.9 Å². The number of ether oxygens (including phenoxy) is 1. The average molecular weight is 352 g/mol. The number of amides is 1. The first-order chi connectivity index (χ1) is 12.7. The van der Waals surface area contributed by atoms with Gasteiger partial charge in [0.15, 0.2) is 0 Å². The summed E-state index contributed by atoms with van der Waals surface area (Å²) in [7, 11) is 0. The summed E-state index contributed by atoms with van der Waals surface area (Å²) in [5, 5.41) is 0. The van der Waals surface area contributed by atoms with E-state index in [1.54, 1.807) is 12.1 Å². The molecule has 2 aliphatic rings. The van der Waals surface area contributed by atoms with E-state index in [2.05, 4.69) is 27.4 Å². The maximum Gasteiger partial charge on any atom is 0.266 e. The lowest BCUT2D eigenvalue weighted by Gasteiger charge is -2.36. The predicted octanol–water partition coefficient (Wildman–Crippen LogP) is 2.43. The largest absolute Gasteiger partial charge is 0.439 e. The SMILES string of the molecule is NNC(=O)c1ccc(Oc2ccc3c(c2)CCN(C2CCC2)CC3)nc1. The fourth-order valence-corrected chi connectivity index (χ4v) is 3.68. The summed E-state index contributed by atoms with van der Waals surface area (Å²) >= 11 is 0. The Morgan fingerprint density at radius 2 is 1.96 bits per heavy atom. The Hall–Kier alpha value is -2.44. The van der Waals surface area contributed by atoms with Crippen LogP contribution >= 0.6 is 0 Å². The summed E-state index contributed by atoms with van der Waals surface area (Å²) in [4.78, 5) is 18.3. The normalized spacial score (nSPS) is 17.7. The van der Waals surface area contributed by atoms with Crippen LogP contribution in [0.15, 0.2) is 36.5 Å². The maximum absolute atomic E-state index is 11.5. The minimum absolute atomic E-state index is 0.370. The highest BCUT2D eigenvalue weighted by Gasteiger charge is 2.26. The molecule has 136 valence electrons. The van der Waals surface area contributed by atoms with Gasteiger partial charge in [0, 0.05) is 31.4 Å². The van der Waals surface area contributed by atoms with E-state index in [4.69, 9.17) is 10.6 Å². The second-order valence-electron chi connectivity index (χ2n) is 7.01. The van der Waals surface area contributed by atoms with Gasteiger partial charge in [0.1, 0.15) is 5.75 Å². The Morgan fingerprint density at radius 3 is 2.62 bits per heavy atom. The maximum atomic E-state index is 11.5. The summed E-state index contributed by atoms with van der Waals surface area (Å²) < 4.78 is 5.87. The molecule has 1 aromatic carbocycles. The van der Waals surface area contributed by atoms with Crippen LogP contribution < -0.4 is 16.0 Å². The minimum atomic E-state index is -0.370. The number of carbonyl (C=O) groups excluding carboxylic acids is 1. The lowest BCUT2D eigenvalue weighted by Crippen LogP contribution is -2.41. The van der Waals surface area contributed by atoms with Gasteiger partial charge in [-0.2, -0.15) is 0 Å². The molecule has 0 bridgehead atoms. The molecule has 26 heavy (non-hydrogen) atoms. The molecule has 2 aromatic rings. The monoisotopic (exact) mass is 352 g/mol. The predicted molar refractivity (Wildman–Crippen MR) is 99.0 cm³/mol. The smallest absolute Gasteiger partial charge is 0.266 e. The van der Waals surface area contributed by atoms with Gasteiger partial charge in [0.05, 0.1) is 5.56 Å². The van der Waals surface area contributed by atoms with Crippen LogP contribution in [0, 0.1) is 0 Å². The van der Waals surface area contributed by atoms with Gasteiger partial charge in [0.2, 0.25) is 5.88 Å². The standard InChI is InChI=1S/C20H24N4O2/c21-23-20(25)16-5-7-19(22-13-16)26-18-6-4-14-8-10-24(17-2-1-3-17)11-9-15(14)12-18/h4-7,12-13,17H,1-3,8-11,21H2,(H,23,25). The molecule has 1 aliphatic carbocycles. The number of aromatic nitrogens is 1. The number of nitrogens with one attached hydrogen (secondary N) is 1. The zero-order chi connectivity index (χ0) is 17.9. The van der Waals surface area contributed by atoms with Crippen LogP contribution in [0.3, 0.4) is 0 Å². The first-order valence-electron chi connectivity index (χ1n) is 9.23. The number of benzene rings is 1.